The van der Waals surface area contributed by atoms with Crippen molar-refractivity contribution in [1.82, 2.24) is 5.32 Å². The molecule has 3 nitrogen and oxygen atoms in total. The van der Waals surface area contributed by atoms with Crippen molar-refractivity contribution in [1.29, 1.82) is 0 Å². The Morgan fingerprint density at radius 2 is 1.65 bits per heavy atom. The van der Waals surface area contributed by atoms with Crippen molar-refractivity contribution in [2.45, 2.75) is 39.3 Å². The number of benzene rings is 2. The van der Waals surface area contributed by atoms with Gasteiger partial charge in [0.05, 0.1) is 0 Å². The first-order valence-electron chi connectivity index (χ1n) is 8.32. The van der Waals surface area contributed by atoms with E-state index in [0.29, 0.717) is 13.0 Å². The highest BCUT2D eigenvalue weighted by Crippen LogP contribution is 2.17. The molecule has 0 saturated heterocycles. The molecule has 1 unspecified atom stereocenters. The third-order valence-corrected chi connectivity index (χ3v) is 3.97. The van der Waals surface area contributed by atoms with E-state index in [0.717, 1.165) is 18.7 Å². The first-order chi connectivity index (χ1) is 11.2. The van der Waals surface area contributed by atoms with Gasteiger partial charge in [0.1, 0.15) is 0 Å². The zero-order chi connectivity index (χ0) is 16.5. The van der Waals surface area contributed by atoms with Gasteiger partial charge in [-0.3, -0.25) is 4.79 Å². The van der Waals surface area contributed by atoms with Crippen LogP contribution in [-0.2, 0) is 11.3 Å². The molecule has 1 amide bonds. The lowest BCUT2D eigenvalue weighted by atomic mass is 10.2. The molecule has 0 spiro atoms. The van der Waals surface area contributed by atoms with Gasteiger partial charge < -0.3 is 10.2 Å². The number of hydrogen-bond donors (Lipinski definition) is 1. The van der Waals surface area contributed by atoms with Gasteiger partial charge >= 0.3 is 0 Å². The van der Waals surface area contributed by atoms with Crippen molar-refractivity contribution >= 4 is 11.6 Å². The molecule has 0 aromatic heterocycles. The van der Waals surface area contributed by atoms with Gasteiger partial charge in [-0.05, 0) is 31.0 Å². The molecule has 122 valence electrons. The number of anilines is 1. The Bertz CT molecular complexity index is 583. The highest BCUT2D eigenvalue weighted by atomic mass is 16.1. The first kappa shape index (κ1) is 17.1. The molecule has 1 N–H and O–H groups in total. The lowest BCUT2D eigenvalue weighted by Crippen LogP contribution is -2.35. The minimum Gasteiger partial charge on any atom is -0.367 e. The predicted molar refractivity (Wildman–Crippen MR) is 96.4 cm³/mol. The fourth-order valence-corrected chi connectivity index (χ4v) is 2.43. The number of carbonyl (C=O) groups is 1. The maximum atomic E-state index is 12.1. The van der Waals surface area contributed by atoms with Crippen LogP contribution in [-0.4, -0.2) is 18.5 Å². The molecule has 0 heterocycles. The van der Waals surface area contributed by atoms with Crippen LogP contribution in [0.5, 0.6) is 0 Å². The van der Waals surface area contributed by atoms with Crippen molar-refractivity contribution in [2.24, 2.45) is 0 Å². The fourth-order valence-electron chi connectivity index (χ4n) is 2.43. The summed E-state index contributed by atoms with van der Waals surface area (Å²) in [4.78, 5) is 14.3. The molecule has 2 rings (SSSR count). The van der Waals surface area contributed by atoms with Gasteiger partial charge in [0.15, 0.2) is 0 Å². The normalized spacial score (nSPS) is 11.7. The largest absolute Gasteiger partial charge is 0.367 e. The number of rotatable bonds is 8. The molecule has 0 bridgehead atoms. The van der Waals surface area contributed by atoms with Gasteiger partial charge in [0.2, 0.25) is 5.91 Å². The van der Waals surface area contributed by atoms with Gasteiger partial charge in [-0.1, -0.05) is 55.5 Å². The Balaban J connectivity index is 2.01. The van der Waals surface area contributed by atoms with Crippen molar-refractivity contribution in [2.75, 3.05) is 11.4 Å². The minimum absolute atomic E-state index is 0.119. The molecule has 23 heavy (non-hydrogen) atoms. The number of carbonyl (C=O) groups excluding carboxylic acids is 1. The highest BCUT2D eigenvalue weighted by Gasteiger charge is 2.11. The van der Waals surface area contributed by atoms with Crippen LogP contribution in [0.3, 0.4) is 0 Å². The Morgan fingerprint density at radius 3 is 2.26 bits per heavy atom. The third-order valence-electron chi connectivity index (χ3n) is 3.97. The van der Waals surface area contributed by atoms with E-state index in [1.54, 1.807) is 0 Å². The summed E-state index contributed by atoms with van der Waals surface area (Å²) in [7, 11) is 0. The maximum Gasteiger partial charge on any atom is 0.221 e. The quantitative estimate of drug-likeness (QED) is 0.799. The van der Waals surface area contributed by atoms with Gasteiger partial charge in [0, 0.05) is 31.2 Å². The Hall–Kier alpha value is -2.29. The molecule has 2 aromatic rings. The maximum absolute atomic E-state index is 12.1. The second kappa shape index (κ2) is 8.99. The SMILES string of the molecule is CCC(C)NC(=O)CCN(Cc1ccccc1)c1ccccc1. The number of para-hydroxylation sites is 1. The monoisotopic (exact) mass is 310 g/mol. The van der Waals surface area contributed by atoms with Crippen molar-refractivity contribution in [3.63, 3.8) is 0 Å². The summed E-state index contributed by atoms with van der Waals surface area (Å²) in [6.45, 7) is 5.64. The summed E-state index contributed by atoms with van der Waals surface area (Å²) in [6, 6.07) is 20.9. The summed E-state index contributed by atoms with van der Waals surface area (Å²) >= 11 is 0. The van der Waals surface area contributed by atoms with Gasteiger partial charge in [0.25, 0.3) is 0 Å². The first-order valence-corrected chi connectivity index (χ1v) is 8.32. The number of amides is 1. The van der Waals surface area contributed by atoms with Crippen molar-refractivity contribution in [3.05, 3.63) is 66.2 Å². The van der Waals surface area contributed by atoms with Crippen molar-refractivity contribution < 1.29 is 4.79 Å². The van der Waals surface area contributed by atoms with E-state index in [9.17, 15) is 4.79 Å². The molecule has 3 heteroatoms. The molecule has 0 radical (unpaired) electrons. The molecule has 0 saturated carbocycles. The van der Waals surface area contributed by atoms with E-state index in [-0.39, 0.29) is 11.9 Å². The fraction of sp³-hybridized carbons (Fsp3) is 0.350. The van der Waals surface area contributed by atoms with E-state index in [4.69, 9.17) is 0 Å². The van der Waals surface area contributed by atoms with E-state index < -0.39 is 0 Å². The number of hydrogen-bond acceptors (Lipinski definition) is 2. The van der Waals surface area contributed by atoms with E-state index in [1.807, 2.05) is 43.3 Å². The van der Waals surface area contributed by atoms with Crippen LogP contribution in [0.15, 0.2) is 60.7 Å². The molecular weight excluding hydrogens is 284 g/mol. The molecule has 0 aliphatic carbocycles. The van der Waals surface area contributed by atoms with Crippen LogP contribution >= 0.6 is 0 Å². The Kier molecular flexibility index (Phi) is 6.67. The van der Waals surface area contributed by atoms with Crippen LogP contribution in [0.1, 0.15) is 32.3 Å². The van der Waals surface area contributed by atoms with Gasteiger partial charge in [-0.2, -0.15) is 0 Å². The highest BCUT2D eigenvalue weighted by molar-refractivity contribution is 5.76. The molecule has 2 aromatic carbocycles. The number of nitrogens with one attached hydrogen (secondary N) is 1. The van der Waals surface area contributed by atoms with Crippen LogP contribution in [0.2, 0.25) is 0 Å². The Labute approximate surface area is 139 Å². The predicted octanol–water partition coefficient (Wildman–Crippen LogP) is 4.00. The van der Waals surface area contributed by atoms with Crippen LogP contribution in [0.25, 0.3) is 0 Å². The van der Waals surface area contributed by atoms with Crippen LogP contribution < -0.4 is 10.2 Å². The lowest BCUT2D eigenvalue weighted by Gasteiger charge is -2.25. The Morgan fingerprint density at radius 1 is 1.04 bits per heavy atom. The van der Waals surface area contributed by atoms with E-state index in [1.165, 1.54) is 5.56 Å². The van der Waals surface area contributed by atoms with Gasteiger partial charge in [-0.15, -0.1) is 0 Å². The molecule has 0 aliphatic heterocycles. The standard InChI is InChI=1S/C20H26N2O/c1-3-17(2)21-20(23)14-15-22(19-12-8-5-9-13-19)16-18-10-6-4-7-11-18/h4-13,17H,3,14-16H2,1-2H3,(H,21,23). The summed E-state index contributed by atoms with van der Waals surface area (Å²) in [5.74, 6) is 0.119. The number of nitrogens with zero attached hydrogens (tertiary/aromatic N) is 1. The summed E-state index contributed by atoms with van der Waals surface area (Å²) in [5, 5.41) is 3.03. The third kappa shape index (κ3) is 5.78. The van der Waals surface area contributed by atoms with Crippen LogP contribution in [0, 0.1) is 0 Å². The summed E-state index contributed by atoms with van der Waals surface area (Å²) in [5.41, 5.74) is 2.39. The minimum atomic E-state index is 0.119. The van der Waals surface area contributed by atoms with E-state index in [2.05, 4.69) is 41.4 Å². The zero-order valence-electron chi connectivity index (χ0n) is 14.0. The summed E-state index contributed by atoms with van der Waals surface area (Å²) in [6.07, 6.45) is 1.46. The molecule has 1 atom stereocenters. The van der Waals surface area contributed by atoms with Crippen molar-refractivity contribution in [3.8, 4) is 0 Å². The summed E-state index contributed by atoms with van der Waals surface area (Å²) < 4.78 is 0. The molecule has 0 fully saturated rings. The lowest BCUT2D eigenvalue weighted by molar-refractivity contribution is -0.121. The van der Waals surface area contributed by atoms with Crippen LogP contribution in [0.4, 0.5) is 5.69 Å². The average Bonchev–Trinajstić information content (AvgIpc) is 2.60. The second-order valence-electron chi connectivity index (χ2n) is 5.87. The van der Waals surface area contributed by atoms with E-state index >= 15 is 0 Å². The topological polar surface area (TPSA) is 32.3 Å². The smallest absolute Gasteiger partial charge is 0.221 e. The average molecular weight is 310 g/mol. The molecule has 0 aliphatic rings. The van der Waals surface area contributed by atoms with Gasteiger partial charge in [-0.25, -0.2) is 0 Å². The molecular formula is C20H26N2O. The zero-order valence-corrected chi connectivity index (χ0v) is 14.0. The second-order valence-corrected chi connectivity index (χ2v) is 5.87.